The van der Waals surface area contributed by atoms with Gasteiger partial charge in [0.05, 0.1) is 18.5 Å². The number of nitrogens with zero attached hydrogens (tertiary/aromatic N) is 2. The van der Waals surface area contributed by atoms with Crippen molar-refractivity contribution in [3.63, 3.8) is 0 Å². The van der Waals surface area contributed by atoms with Crippen molar-refractivity contribution in [1.29, 1.82) is 0 Å². The van der Waals surface area contributed by atoms with Gasteiger partial charge in [0.2, 0.25) is 5.91 Å². The molecule has 1 aliphatic rings. The molecule has 26 heavy (non-hydrogen) atoms. The van der Waals surface area contributed by atoms with Gasteiger partial charge in [-0.1, -0.05) is 36.4 Å². The Balaban J connectivity index is 1.80. The first-order chi connectivity index (χ1) is 12.7. The quantitative estimate of drug-likeness (QED) is 0.674. The van der Waals surface area contributed by atoms with Crippen LogP contribution in [0.25, 0.3) is 34.9 Å². The number of hydrogen-bond acceptors (Lipinski definition) is 4. The van der Waals surface area contributed by atoms with Crippen LogP contribution in [-0.2, 0) is 4.79 Å². The van der Waals surface area contributed by atoms with Gasteiger partial charge in [0.15, 0.2) is 11.6 Å². The number of fused-ring (bicyclic) bond motifs is 1. The zero-order valence-electron chi connectivity index (χ0n) is 14.1. The number of rotatable bonds is 4. The summed E-state index contributed by atoms with van der Waals surface area (Å²) in [4.78, 5) is 19.3. The molecule has 1 aliphatic carbocycles. The van der Waals surface area contributed by atoms with Crippen LogP contribution in [-0.4, -0.2) is 33.2 Å². The van der Waals surface area contributed by atoms with Crippen molar-refractivity contribution < 1.29 is 9.53 Å². The van der Waals surface area contributed by atoms with Gasteiger partial charge in [-0.15, -0.1) is 0 Å². The number of carbonyl (C=O) groups excluding carboxylic acids is 1. The average molecular weight is 347 g/mol. The van der Waals surface area contributed by atoms with E-state index in [-0.39, 0.29) is 0 Å². The molecule has 0 saturated heterocycles. The Morgan fingerprint density at radius 1 is 1.27 bits per heavy atom. The first kappa shape index (κ1) is 15.9. The fourth-order valence-electron chi connectivity index (χ4n) is 2.94. The molecule has 2 heterocycles. The third-order valence-corrected chi connectivity index (χ3v) is 4.22. The molecule has 2 aromatic heterocycles. The second-order valence-electron chi connectivity index (χ2n) is 5.87. The third kappa shape index (κ3) is 2.69. The summed E-state index contributed by atoms with van der Waals surface area (Å²) in [6, 6.07) is 9.76. The number of amides is 1. The summed E-state index contributed by atoms with van der Waals surface area (Å²) in [5, 5.41) is 7.38. The van der Waals surface area contributed by atoms with E-state index in [0.29, 0.717) is 35.0 Å². The number of hydrogen-bond donors (Lipinski definition) is 3. The second kappa shape index (κ2) is 6.36. The van der Waals surface area contributed by atoms with Gasteiger partial charge in [0.1, 0.15) is 11.4 Å². The molecule has 0 fully saturated rings. The molecule has 7 heteroatoms. The number of nitrogens with two attached hydrogens (primary N) is 1. The van der Waals surface area contributed by atoms with E-state index in [4.69, 9.17) is 10.5 Å². The Morgan fingerprint density at radius 2 is 2.08 bits per heavy atom. The SMILES string of the molecule is COc1c(-c2ccccc2)n[nH]c1-c1nc2c([nH]1)C=C(C(N)=O)CC=C2. The van der Waals surface area contributed by atoms with E-state index in [1.54, 1.807) is 13.2 Å². The van der Waals surface area contributed by atoms with Crippen molar-refractivity contribution in [2.24, 2.45) is 5.73 Å². The largest absolute Gasteiger partial charge is 0.492 e. The fourth-order valence-corrected chi connectivity index (χ4v) is 2.94. The maximum Gasteiger partial charge on any atom is 0.245 e. The number of primary amides is 1. The summed E-state index contributed by atoms with van der Waals surface area (Å²) in [6.07, 6.45) is 5.95. The van der Waals surface area contributed by atoms with Crippen molar-refractivity contribution in [1.82, 2.24) is 20.2 Å². The summed E-state index contributed by atoms with van der Waals surface area (Å²) >= 11 is 0. The van der Waals surface area contributed by atoms with E-state index in [0.717, 1.165) is 17.0 Å². The number of ether oxygens (including phenoxy) is 1. The van der Waals surface area contributed by atoms with Crippen molar-refractivity contribution in [2.45, 2.75) is 6.42 Å². The van der Waals surface area contributed by atoms with Gasteiger partial charge in [-0.05, 0) is 18.6 Å². The third-order valence-electron chi connectivity index (χ3n) is 4.22. The number of allylic oxidation sites excluding steroid dienone is 1. The molecule has 1 amide bonds. The van der Waals surface area contributed by atoms with E-state index in [2.05, 4.69) is 20.2 Å². The fraction of sp³-hybridized carbons (Fsp3) is 0.105. The molecule has 1 aromatic carbocycles. The summed E-state index contributed by atoms with van der Waals surface area (Å²) in [5.74, 6) is 0.737. The lowest BCUT2D eigenvalue weighted by Gasteiger charge is -2.03. The van der Waals surface area contributed by atoms with Crippen LogP contribution in [0.15, 0.2) is 42.0 Å². The van der Waals surface area contributed by atoms with Gasteiger partial charge in [-0.3, -0.25) is 9.89 Å². The standard InChI is InChI=1S/C19H17N5O2/c1-26-17-15(11-6-3-2-4-7-11)23-24-16(17)19-21-13-9-5-8-12(18(20)25)10-14(13)22-19/h2-7,9-10H,8H2,1H3,(H2,20,25)(H,21,22)(H,23,24). The molecule has 0 bridgehead atoms. The molecule has 0 spiro atoms. The number of imidazole rings is 1. The highest BCUT2D eigenvalue weighted by molar-refractivity contribution is 5.97. The molecule has 4 rings (SSSR count). The summed E-state index contributed by atoms with van der Waals surface area (Å²) in [6.45, 7) is 0. The van der Waals surface area contributed by atoms with Crippen molar-refractivity contribution in [2.75, 3.05) is 7.11 Å². The molecule has 4 N–H and O–H groups in total. The first-order valence-electron chi connectivity index (χ1n) is 8.12. The van der Waals surface area contributed by atoms with Crippen LogP contribution in [0.5, 0.6) is 5.75 Å². The van der Waals surface area contributed by atoms with Crippen molar-refractivity contribution >= 4 is 18.1 Å². The zero-order valence-corrected chi connectivity index (χ0v) is 14.1. The van der Waals surface area contributed by atoms with E-state index in [1.165, 1.54) is 0 Å². The topological polar surface area (TPSA) is 110 Å². The Labute approximate surface area is 149 Å². The highest BCUT2D eigenvalue weighted by atomic mass is 16.5. The zero-order chi connectivity index (χ0) is 18.1. The summed E-state index contributed by atoms with van der Waals surface area (Å²) < 4.78 is 5.58. The van der Waals surface area contributed by atoms with Crippen LogP contribution in [0.3, 0.4) is 0 Å². The minimum absolute atomic E-state index is 0.441. The number of methoxy groups -OCH3 is 1. The van der Waals surface area contributed by atoms with Crippen LogP contribution in [0.2, 0.25) is 0 Å². The van der Waals surface area contributed by atoms with Gasteiger partial charge in [0.25, 0.3) is 0 Å². The monoisotopic (exact) mass is 347 g/mol. The first-order valence-corrected chi connectivity index (χ1v) is 8.12. The molecule has 130 valence electrons. The number of H-pyrrole nitrogens is 2. The maximum absolute atomic E-state index is 11.5. The van der Waals surface area contributed by atoms with Crippen LogP contribution in [0, 0.1) is 0 Å². The van der Waals surface area contributed by atoms with Gasteiger partial charge in [0, 0.05) is 11.1 Å². The van der Waals surface area contributed by atoms with Gasteiger partial charge >= 0.3 is 0 Å². The Hall–Kier alpha value is -3.61. The van der Waals surface area contributed by atoms with Crippen LogP contribution >= 0.6 is 0 Å². The van der Waals surface area contributed by atoms with Crippen molar-refractivity contribution in [3.05, 3.63) is 53.4 Å². The number of benzene rings is 1. The molecule has 0 radical (unpaired) electrons. The summed E-state index contributed by atoms with van der Waals surface area (Å²) in [5.41, 5.74) is 9.68. The molecular weight excluding hydrogens is 330 g/mol. The lowest BCUT2D eigenvalue weighted by molar-refractivity contribution is -0.114. The normalized spacial score (nSPS) is 13.0. The number of nitrogens with one attached hydrogen (secondary N) is 2. The molecule has 0 aliphatic heterocycles. The predicted molar refractivity (Wildman–Crippen MR) is 99.0 cm³/mol. The van der Waals surface area contributed by atoms with E-state index >= 15 is 0 Å². The van der Waals surface area contributed by atoms with Crippen LogP contribution < -0.4 is 10.5 Å². The van der Waals surface area contributed by atoms with E-state index < -0.39 is 5.91 Å². The van der Waals surface area contributed by atoms with Gasteiger partial charge in [-0.2, -0.15) is 5.10 Å². The molecule has 0 unspecified atom stereocenters. The minimum Gasteiger partial charge on any atom is -0.492 e. The summed E-state index contributed by atoms with van der Waals surface area (Å²) in [7, 11) is 1.60. The number of aromatic amines is 2. The smallest absolute Gasteiger partial charge is 0.245 e. The number of aromatic nitrogens is 4. The highest BCUT2D eigenvalue weighted by Gasteiger charge is 2.21. The second-order valence-corrected chi connectivity index (χ2v) is 5.87. The van der Waals surface area contributed by atoms with Gasteiger partial charge < -0.3 is 15.5 Å². The minimum atomic E-state index is -0.441. The number of carbonyl (C=O) groups is 1. The average Bonchev–Trinajstić information content (AvgIpc) is 3.20. The van der Waals surface area contributed by atoms with Crippen LogP contribution in [0.4, 0.5) is 0 Å². The Morgan fingerprint density at radius 3 is 2.81 bits per heavy atom. The Kier molecular flexibility index (Phi) is 3.89. The van der Waals surface area contributed by atoms with E-state index in [1.807, 2.05) is 42.5 Å². The maximum atomic E-state index is 11.5. The molecule has 7 nitrogen and oxygen atoms in total. The highest BCUT2D eigenvalue weighted by Crippen LogP contribution is 2.36. The van der Waals surface area contributed by atoms with Crippen LogP contribution in [0.1, 0.15) is 17.8 Å². The molecule has 3 aromatic rings. The van der Waals surface area contributed by atoms with Gasteiger partial charge in [-0.25, -0.2) is 4.98 Å². The Bertz CT molecular complexity index is 1030. The molecular formula is C19H17N5O2. The lowest BCUT2D eigenvalue weighted by atomic mass is 10.1. The van der Waals surface area contributed by atoms with E-state index in [9.17, 15) is 4.79 Å². The van der Waals surface area contributed by atoms with Crippen molar-refractivity contribution in [3.8, 4) is 28.5 Å². The molecule has 0 atom stereocenters. The predicted octanol–water partition coefficient (Wildman–Crippen LogP) is 2.76. The lowest BCUT2D eigenvalue weighted by Crippen LogP contribution is -2.13. The molecule has 0 saturated carbocycles.